The predicted molar refractivity (Wildman–Crippen MR) is 114 cm³/mol. The molecule has 0 unspecified atom stereocenters. The second kappa shape index (κ2) is 6.62. The Hall–Kier alpha value is -2.34. The number of thiophene rings is 1. The number of nitrogens with zero attached hydrogens (tertiary/aromatic N) is 2. The smallest absolute Gasteiger partial charge is 0.194 e. The van der Waals surface area contributed by atoms with Crippen LogP contribution < -0.4 is 0 Å². The van der Waals surface area contributed by atoms with Gasteiger partial charge in [0.25, 0.3) is 0 Å². The summed E-state index contributed by atoms with van der Waals surface area (Å²) in [6.45, 7) is 6.66. The van der Waals surface area contributed by atoms with Gasteiger partial charge < -0.3 is 9.94 Å². The number of fused-ring (bicyclic) bond motifs is 4. The number of hydrogen-bond acceptors (Lipinski definition) is 5. The Labute approximate surface area is 172 Å². The monoisotopic (exact) mass is 410 g/mol. The van der Waals surface area contributed by atoms with E-state index < -0.39 is 0 Å². The first-order valence-corrected chi connectivity index (χ1v) is 10.3. The number of aromatic hydroxyl groups is 1. The molecule has 5 rings (SSSR count). The molecule has 0 fully saturated rings. The highest BCUT2D eigenvalue weighted by atomic mass is 35.5. The highest BCUT2D eigenvalue weighted by Crippen LogP contribution is 2.47. The molecule has 0 spiro atoms. The highest BCUT2D eigenvalue weighted by molar-refractivity contribution is 7.19. The minimum Gasteiger partial charge on any atom is -0.508 e. The minimum absolute atomic E-state index is 0.0277. The summed E-state index contributed by atoms with van der Waals surface area (Å²) in [5.74, 6) is 0.275. The highest BCUT2D eigenvalue weighted by Gasteiger charge is 2.46. The Morgan fingerprint density at radius 1 is 1.29 bits per heavy atom. The van der Waals surface area contributed by atoms with Gasteiger partial charge >= 0.3 is 0 Å². The molecule has 3 aromatic rings. The van der Waals surface area contributed by atoms with Crippen LogP contribution in [0.25, 0.3) is 10.1 Å². The fourth-order valence-electron chi connectivity index (χ4n) is 4.31. The van der Waals surface area contributed by atoms with E-state index in [2.05, 4.69) is 22.7 Å². The normalized spacial score (nSPS) is 23.8. The third-order valence-corrected chi connectivity index (χ3v) is 7.30. The minimum atomic E-state index is -0.221. The van der Waals surface area contributed by atoms with E-state index in [0.717, 1.165) is 32.1 Å². The van der Waals surface area contributed by atoms with E-state index in [0.29, 0.717) is 6.54 Å². The van der Waals surface area contributed by atoms with Gasteiger partial charge in [-0.25, -0.2) is 4.90 Å². The number of phenolic OH excluding ortho intramolecular Hbond substituents is 1. The summed E-state index contributed by atoms with van der Waals surface area (Å²) in [4.78, 5) is 9.17. The maximum Gasteiger partial charge on any atom is 0.194 e. The quantitative estimate of drug-likeness (QED) is 0.553. The van der Waals surface area contributed by atoms with Crippen molar-refractivity contribution in [3.63, 3.8) is 0 Å². The Morgan fingerprint density at radius 2 is 2.11 bits per heavy atom. The molecule has 3 heterocycles. The molecule has 28 heavy (non-hydrogen) atoms. The summed E-state index contributed by atoms with van der Waals surface area (Å²) in [5, 5.41) is 16.2. The van der Waals surface area contributed by atoms with Crippen LogP contribution in [0, 0.1) is 0 Å². The van der Waals surface area contributed by atoms with Crippen LogP contribution >= 0.6 is 22.9 Å². The molecule has 2 aliphatic rings. The van der Waals surface area contributed by atoms with Crippen LogP contribution in [-0.4, -0.2) is 21.9 Å². The molecule has 0 aliphatic carbocycles. The topological polar surface area (TPSA) is 45.1 Å². The third-order valence-electron chi connectivity index (χ3n) is 5.60. The lowest BCUT2D eigenvalue weighted by molar-refractivity contribution is -0.0714. The van der Waals surface area contributed by atoms with E-state index in [1.165, 1.54) is 4.70 Å². The van der Waals surface area contributed by atoms with E-state index in [4.69, 9.17) is 16.4 Å². The summed E-state index contributed by atoms with van der Waals surface area (Å²) >= 11 is 8.41. The molecule has 2 aromatic carbocycles. The summed E-state index contributed by atoms with van der Waals surface area (Å²) < 4.78 is 1.17. The number of oxime groups is 1. The van der Waals surface area contributed by atoms with Gasteiger partial charge in [-0.05, 0) is 36.2 Å². The van der Waals surface area contributed by atoms with Crippen LogP contribution in [0.15, 0.2) is 60.3 Å². The predicted octanol–water partition coefficient (Wildman–Crippen LogP) is 5.82. The first-order valence-electron chi connectivity index (χ1n) is 9.16. The lowest BCUT2D eigenvalue weighted by Crippen LogP contribution is -2.45. The zero-order chi connectivity index (χ0) is 19.4. The van der Waals surface area contributed by atoms with Crippen molar-refractivity contribution < 1.29 is 9.94 Å². The van der Waals surface area contributed by atoms with Crippen LogP contribution in [0.4, 0.5) is 0 Å². The standard InChI is InChI=1S/C22H19ClN2O2S/c1-3-17-16-10-13(26)8-9-14(16)20-12(2)24-27-22(20)25(17)11-19-21(23)15-6-4-5-7-18(15)28-19/h3-10,17,20,22,26H,1,11H2,2H3/t17-,20-,22-/m1/s1. The Morgan fingerprint density at radius 3 is 2.89 bits per heavy atom. The molecule has 3 atom stereocenters. The van der Waals surface area contributed by atoms with E-state index in [9.17, 15) is 5.11 Å². The summed E-state index contributed by atoms with van der Waals surface area (Å²) in [6.07, 6.45) is 1.67. The molecular formula is C22H19ClN2O2S. The average molecular weight is 411 g/mol. The van der Waals surface area contributed by atoms with E-state index in [-0.39, 0.29) is 23.9 Å². The van der Waals surface area contributed by atoms with Crippen molar-refractivity contribution >= 4 is 38.7 Å². The molecule has 0 saturated carbocycles. The second-order valence-corrected chi connectivity index (χ2v) is 8.72. The van der Waals surface area contributed by atoms with Crippen LogP contribution in [-0.2, 0) is 11.4 Å². The molecule has 6 heteroatoms. The zero-order valence-corrected chi connectivity index (χ0v) is 16.9. The van der Waals surface area contributed by atoms with Crippen molar-refractivity contribution in [3.8, 4) is 5.75 Å². The van der Waals surface area contributed by atoms with E-state index in [1.54, 1.807) is 17.4 Å². The fraction of sp³-hybridized carbons (Fsp3) is 0.227. The van der Waals surface area contributed by atoms with Gasteiger partial charge in [-0.3, -0.25) is 0 Å². The lowest BCUT2D eigenvalue weighted by atomic mass is 9.81. The summed E-state index contributed by atoms with van der Waals surface area (Å²) in [7, 11) is 0. The van der Waals surface area contributed by atoms with Crippen molar-refractivity contribution in [1.29, 1.82) is 0 Å². The average Bonchev–Trinajstić information content (AvgIpc) is 3.23. The first kappa shape index (κ1) is 17.7. The van der Waals surface area contributed by atoms with Crippen LogP contribution in [0.3, 0.4) is 0 Å². The second-order valence-electron chi connectivity index (χ2n) is 7.21. The Bertz CT molecular complexity index is 1120. The first-order chi connectivity index (χ1) is 13.6. The fourth-order valence-corrected chi connectivity index (χ4v) is 5.81. The number of halogens is 1. The molecule has 2 aliphatic heterocycles. The molecule has 142 valence electrons. The molecule has 1 aromatic heterocycles. The van der Waals surface area contributed by atoms with Crippen molar-refractivity contribution in [1.82, 2.24) is 4.90 Å². The van der Waals surface area contributed by atoms with Gasteiger partial charge in [0, 0.05) is 21.5 Å². The van der Waals surface area contributed by atoms with E-state index >= 15 is 0 Å². The van der Waals surface area contributed by atoms with Gasteiger partial charge in [0.2, 0.25) is 0 Å². The molecular weight excluding hydrogens is 392 g/mol. The SMILES string of the molecule is C=C[C@@H]1c2cc(O)ccc2[C@H]2C(C)=NO[C@H]2N1Cc1sc2ccccc2c1Cl. The van der Waals surface area contributed by atoms with Gasteiger partial charge in [0.05, 0.1) is 22.7 Å². The van der Waals surface area contributed by atoms with Crippen molar-refractivity contribution in [2.24, 2.45) is 5.16 Å². The van der Waals surface area contributed by atoms with Gasteiger partial charge in [-0.1, -0.05) is 47.1 Å². The molecule has 0 saturated heterocycles. The maximum atomic E-state index is 10.1. The number of rotatable bonds is 3. The van der Waals surface area contributed by atoms with Gasteiger partial charge in [0.15, 0.2) is 6.23 Å². The molecule has 4 nitrogen and oxygen atoms in total. The Balaban J connectivity index is 1.62. The third kappa shape index (κ3) is 2.58. The van der Waals surface area contributed by atoms with Crippen LogP contribution in [0.5, 0.6) is 5.75 Å². The zero-order valence-electron chi connectivity index (χ0n) is 15.3. The largest absolute Gasteiger partial charge is 0.508 e. The van der Waals surface area contributed by atoms with Crippen LogP contribution in [0.2, 0.25) is 5.02 Å². The van der Waals surface area contributed by atoms with Gasteiger partial charge in [-0.2, -0.15) is 0 Å². The molecule has 0 amide bonds. The van der Waals surface area contributed by atoms with Crippen molar-refractivity contribution in [3.05, 3.63) is 76.1 Å². The molecule has 0 bridgehead atoms. The maximum absolute atomic E-state index is 10.1. The number of hydrogen-bond donors (Lipinski definition) is 1. The lowest BCUT2D eigenvalue weighted by Gasteiger charge is -2.41. The molecule has 1 N–H and O–H groups in total. The van der Waals surface area contributed by atoms with Gasteiger partial charge in [-0.15, -0.1) is 17.9 Å². The van der Waals surface area contributed by atoms with Crippen molar-refractivity contribution in [2.45, 2.75) is 31.7 Å². The molecule has 0 radical (unpaired) electrons. The number of phenols is 1. The van der Waals surface area contributed by atoms with Crippen LogP contribution in [0.1, 0.15) is 34.9 Å². The summed E-state index contributed by atoms with van der Waals surface area (Å²) in [5.41, 5.74) is 3.10. The summed E-state index contributed by atoms with van der Waals surface area (Å²) in [6, 6.07) is 13.6. The number of benzene rings is 2. The van der Waals surface area contributed by atoms with Gasteiger partial charge in [0.1, 0.15) is 5.75 Å². The van der Waals surface area contributed by atoms with E-state index in [1.807, 2.05) is 43.3 Å². The van der Waals surface area contributed by atoms with Crippen molar-refractivity contribution in [2.75, 3.05) is 0 Å². The Kier molecular flexibility index (Phi) is 4.19.